The van der Waals surface area contributed by atoms with Gasteiger partial charge < -0.3 is 20.9 Å². The molecule has 0 unspecified atom stereocenters. The first-order valence-electron chi connectivity index (χ1n) is 6.04. The minimum atomic E-state index is -0.275. The zero-order valence-electron chi connectivity index (χ0n) is 10.6. The Kier molecular flexibility index (Phi) is 6.00. The van der Waals surface area contributed by atoms with Crippen LogP contribution in [0.4, 0.5) is 0 Å². The van der Waals surface area contributed by atoms with Crippen LogP contribution in [0.25, 0.3) is 0 Å². The molecular formula is C13H20N2O3. The number of carbonyl (C=O) groups excluding carboxylic acids is 1. The number of methoxy groups -OCH3 is 1. The van der Waals surface area contributed by atoms with Crippen LogP contribution in [0.3, 0.4) is 0 Å². The van der Waals surface area contributed by atoms with Gasteiger partial charge in [-0.2, -0.15) is 0 Å². The van der Waals surface area contributed by atoms with E-state index in [1.54, 1.807) is 12.1 Å². The van der Waals surface area contributed by atoms with E-state index in [-0.39, 0.29) is 17.2 Å². The fourth-order valence-electron chi connectivity index (χ4n) is 1.57. The number of nitrogens with one attached hydrogen (secondary N) is 1. The zero-order valence-corrected chi connectivity index (χ0v) is 10.6. The highest BCUT2D eigenvalue weighted by Crippen LogP contribution is 2.23. The van der Waals surface area contributed by atoms with E-state index < -0.39 is 0 Å². The summed E-state index contributed by atoms with van der Waals surface area (Å²) in [4.78, 5) is 11.8. The highest BCUT2D eigenvalue weighted by atomic mass is 16.5. The van der Waals surface area contributed by atoms with Crippen molar-refractivity contribution < 1.29 is 14.6 Å². The van der Waals surface area contributed by atoms with E-state index in [9.17, 15) is 9.90 Å². The third-order valence-corrected chi connectivity index (χ3v) is 2.62. The predicted octanol–water partition coefficient (Wildman–Crippen LogP) is 1.26. The smallest absolute Gasteiger partial charge is 0.255 e. The molecule has 18 heavy (non-hydrogen) atoms. The molecule has 0 heterocycles. The molecule has 0 aliphatic rings. The molecule has 0 aromatic heterocycles. The van der Waals surface area contributed by atoms with Crippen molar-refractivity contribution in [2.24, 2.45) is 5.73 Å². The number of unbranched alkanes of at least 4 members (excludes halogenated alkanes) is 2. The van der Waals surface area contributed by atoms with E-state index in [0.717, 1.165) is 19.3 Å². The quantitative estimate of drug-likeness (QED) is 0.638. The van der Waals surface area contributed by atoms with Gasteiger partial charge in [0.2, 0.25) is 0 Å². The molecule has 0 aliphatic carbocycles. The summed E-state index contributed by atoms with van der Waals surface area (Å²) < 4.78 is 4.95. The molecule has 1 aromatic rings. The minimum Gasteiger partial charge on any atom is -0.507 e. The lowest BCUT2D eigenvalue weighted by atomic mass is 10.1. The largest absolute Gasteiger partial charge is 0.507 e. The molecule has 0 radical (unpaired) electrons. The maximum absolute atomic E-state index is 11.8. The maximum atomic E-state index is 11.8. The Morgan fingerprint density at radius 2 is 2.17 bits per heavy atom. The SMILES string of the molecule is COc1ccc(C(=O)NCCCCCN)c(O)c1. The van der Waals surface area contributed by atoms with Gasteiger partial charge in [0.05, 0.1) is 12.7 Å². The van der Waals surface area contributed by atoms with Gasteiger partial charge in [0.1, 0.15) is 11.5 Å². The number of ether oxygens (including phenoxy) is 1. The first kappa shape index (κ1) is 14.3. The van der Waals surface area contributed by atoms with Gasteiger partial charge in [0.25, 0.3) is 5.91 Å². The van der Waals surface area contributed by atoms with E-state index in [4.69, 9.17) is 10.5 Å². The number of benzene rings is 1. The summed E-state index contributed by atoms with van der Waals surface area (Å²) >= 11 is 0. The molecule has 1 amide bonds. The van der Waals surface area contributed by atoms with Crippen LogP contribution in [-0.2, 0) is 0 Å². The molecule has 4 N–H and O–H groups in total. The Hall–Kier alpha value is -1.75. The summed E-state index contributed by atoms with van der Waals surface area (Å²) in [5.74, 6) is 0.170. The average Bonchev–Trinajstić information content (AvgIpc) is 2.38. The minimum absolute atomic E-state index is 0.0752. The van der Waals surface area contributed by atoms with Crippen LogP contribution >= 0.6 is 0 Å². The van der Waals surface area contributed by atoms with E-state index in [2.05, 4.69) is 5.32 Å². The summed E-state index contributed by atoms with van der Waals surface area (Å²) in [6.45, 7) is 1.26. The highest BCUT2D eigenvalue weighted by molar-refractivity contribution is 5.96. The molecule has 5 nitrogen and oxygen atoms in total. The Labute approximate surface area is 107 Å². The fourth-order valence-corrected chi connectivity index (χ4v) is 1.57. The van der Waals surface area contributed by atoms with Crippen molar-refractivity contribution in [2.75, 3.05) is 20.2 Å². The summed E-state index contributed by atoms with van der Waals surface area (Å²) in [6.07, 6.45) is 2.84. The first-order chi connectivity index (χ1) is 8.69. The second-order valence-electron chi connectivity index (χ2n) is 3.99. The van der Waals surface area contributed by atoms with Gasteiger partial charge in [-0.1, -0.05) is 6.42 Å². The lowest BCUT2D eigenvalue weighted by Crippen LogP contribution is -2.24. The van der Waals surface area contributed by atoms with Crippen molar-refractivity contribution in [3.63, 3.8) is 0 Å². The zero-order chi connectivity index (χ0) is 13.4. The Bertz CT molecular complexity index is 394. The van der Waals surface area contributed by atoms with Crippen LogP contribution in [0.15, 0.2) is 18.2 Å². The van der Waals surface area contributed by atoms with Crippen molar-refractivity contribution in [2.45, 2.75) is 19.3 Å². The van der Waals surface area contributed by atoms with E-state index >= 15 is 0 Å². The second-order valence-corrected chi connectivity index (χ2v) is 3.99. The molecule has 0 fully saturated rings. The molecule has 0 spiro atoms. The van der Waals surface area contributed by atoms with Crippen LogP contribution in [0.5, 0.6) is 11.5 Å². The van der Waals surface area contributed by atoms with Gasteiger partial charge in [-0.25, -0.2) is 0 Å². The fraction of sp³-hybridized carbons (Fsp3) is 0.462. The maximum Gasteiger partial charge on any atom is 0.255 e. The molecule has 1 aromatic carbocycles. The Balaban J connectivity index is 2.46. The molecule has 0 aliphatic heterocycles. The van der Waals surface area contributed by atoms with E-state index in [1.807, 2.05) is 0 Å². The monoisotopic (exact) mass is 252 g/mol. The number of carbonyl (C=O) groups is 1. The standard InChI is InChI=1S/C13H20N2O3/c1-18-10-5-6-11(12(16)9-10)13(17)15-8-4-2-3-7-14/h5-6,9,16H,2-4,7-8,14H2,1H3,(H,15,17). The number of phenols is 1. The van der Waals surface area contributed by atoms with Crippen molar-refractivity contribution >= 4 is 5.91 Å². The molecule has 100 valence electrons. The number of nitrogens with two attached hydrogens (primary N) is 1. The van der Waals surface area contributed by atoms with Crippen molar-refractivity contribution in [1.82, 2.24) is 5.32 Å². The van der Waals surface area contributed by atoms with Gasteiger partial charge in [-0.15, -0.1) is 0 Å². The van der Waals surface area contributed by atoms with Crippen LogP contribution in [0.1, 0.15) is 29.6 Å². The van der Waals surface area contributed by atoms with Crippen LogP contribution in [-0.4, -0.2) is 31.2 Å². The third-order valence-electron chi connectivity index (χ3n) is 2.62. The summed E-state index contributed by atoms with van der Waals surface area (Å²) in [6, 6.07) is 4.61. The highest BCUT2D eigenvalue weighted by Gasteiger charge is 2.10. The first-order valence-corrected chi connectivity index (χ1v) is 6.04. The topological polar surface area (TPSA) is 84.6 Å². The lowest BCUT2D eigenvalue weighted by molar-refractivity contribution is 0.0950. The number of amides is 1. The van der Waals surface area contributed by atoms with Crippen LogP contribution in [0.2, 0.25) is 0 Å². The molecule has 1 rings (SSSR count). The van der Waals surface area contributed by atoms with Crippen LogP contribution in [0, 0.1) is 0 Å². The predicted molar refractivity (Wildman–Crippen MR) is 69.9 cm³/mol. The summed E-state index contributed by atoms with van der Waals surface area (Å²) in [7, 11) is 1.51. The number of aromatic hydroxyl groups is 1. The van der Waals surface area contributed by atoms with Gasteiger partial charge in [-0.05, 0) is 31.5 Å². The molecule has 0 saturated carbocycles. The number of rotatable bonds is 7. The molecule has 0 saturated heterocycles. The molecule has 0 bridgehead atoms. The van der Waals surface area contributed by atoms with Crippen LogP contribution < -0.4 is 15.8 Å². The number of hydrogen-bond acceptors (Lipinski definition) is 4. The third kappa shape index (κ3) is 4.25. The molecular weight excluding hydrogens is 232 g/mol. The normalized spacial score (nSPS) is 10.1. The lowest BCUT2D eigenvalue weighted by Gasteiger charge is -2.08. The van der Waals surface area contributed by atoms with Crippen molar-refractivity contribution in [1.29, 1.82) is 0 Å². The Morgan fingerprint density at radius 1 is 1.39 bits per heavy atom. The average molecular weight is 252 g/mol. The van der Waals surface area contributed by atoms with Gasteiger partial charge in [0, 0.05) is 12.6 Å². The van der Waals surface area contributed by atoms with E-state index in [1.165, 1.54) is 13.2 Å². The van der Waals surface area contributed by atoms with Crippen molar-refractivity contribution in [3.05, 3.63) is 23.8 Å². The summed E-state index contributed by atoms with van der Waals surface area (Å²) in [5, 5.41) is 12.4. The van der Waals surface area contributed by atoms with E-state index in [0.29, 0.717) is 18.8 Å². The van der Waals surface area contributed by atoms with Gasteiger partial charge in [0.15, 0.2) is 0 Å². The number of hydrogen-bond donors (Lipinski definition) is 3. The second kappa shape index (κ2) is 7.55. The van der Waals surface area contributed by atoms with Gasteiger partial charge >= 0.3 is 0 Å². The van der Waals surface area contributed by atoms with Crippen molar-refractivity contribution in [3.8, 4) is 11.5 Å². The molecule has 0 atom stereocenters. The molecule has 5 heteroatoms. The number of phenolic OH excluding ortho intramolecular Hbond substituents is 1. The summed E-state index contributed by atoms with van der Waals surface area (Å²) in [5.41, 5.74) is 5.64. The van der Waals surface area contributed by atoms with Gasteiger partial charge in [-0.3, -0.25) is 4.79 Å². The Morgan fingerprint density at radius 3 is 2.78 bits per heavy atom.